The van der Waals surface area contributed by atoms with Gasteiger partial charge in [-0.2, -0.15) is 0 Å². The second-order valence-electron chi connectivity index (χ2n) is 10.4. The van der Waals surface area contributed by atoms with Crippen molar-refractivity contribution in [1.29, 1.82) is 0 Å². The van der Waals surface area contributed by atoms with Crippen molar-refractivity contribution in [3.63, 3.8) is 0 Å². The fourth-order valence-corrected chi connectivity index (χ4v) is 5.38. The van der Waals surface area contributed by atoms with Crippen LogP contribution in [0.3, 0.4) is 0 Å². The normalized spacial score (nSPS) is 13.0. The molecular formula is C34H32N2O3. The summed E-state index contributed by atoms with van der Waals surface area (Å²) in [6, 6.07) is 31.5. The van der Waals surface area contributed by atoms with Gasteiger partial charge in [-0.05, 0) is 54.3 Å². The van der Waals surface area contributed by atoms with E-state index in [0.717, 1.165) is 29.2 Å². The number of amides is 1. The van der Waals surface area contributed by atoms with Crippen LogP contribution in [0.15, 0.2) is 97.2 Å². The van der Waals surface area contributed by atoms with Crippen molar-refractivity contribution in [3.8, 4) is 11.5 Å². The van der Waals surface area contributed by atoms with E-state index in [1.807, 2.05) is 18.2 Å². The molecule has 1 amide bonds. The fourth-order valence-electron chi connectivity index (χ4n) is 5.38. The molecule has 39 heavy (non-hydrogen) atoms. The summed E-state index contributed by atoms with van der Waals surface area (Å²) < 4.78 is 13.2. The van der Waals surface area contributed by atoms with Crippen LogP contribution in [0, 0.1) is 13.8 Å². The van der Waals surface area contributed by atoms with E-state index in [1.165, 1.54) is 33.2 Å². The highest BCUT2D eigenvalue weighted by molar-refractivity contribution is 5.87. The number of fused-ring (bicyclic) bond motifs is 2. The first kappa shape index (κ1) is 24.8. The lowest BCUT2D eigenvalue weighted by molar-refractivity contribution is -0.121. The van der Waals surface area contributed by atoms with Gasteiger partial charge in [0, 0.05) is 42.5 Å². The van der Waals surface area contributed by atoms with Crippen LogP contribution in [0.25, 0.3) is 10.9 Å². The van der Waals surface area contributed by atoms with Crippen molar-refractivity contribution in [3.05, 3.63) is 131 Å². The quantitative estimate of drug-likeness (QED) is 0.245. The first-order valence-electron chi connectivity index (χ1n) is 13.4. The van der Waals surface area contributed by atoms with Crippen molar-refractivity contribution < 1.29 is 14.3 Å². The number of para-hydroxylation sites is 1. The minimum atomic E-state index is -0.0779. The molecule has 0 bridgehead atoms. The zero-order valence-electron chi connectivity index (χ0n) is 22.3. The van der Waals surface area contributed by atoms with Gasteiger partial charge in [0.15, 0.2) is 11.5 Å². The number of hydrogen-bond donors (Lipinski definition) is 1. The number of ether oxygens (including phenoxy) is 2. The third kappa shape index (κ3) is 5.39. The van der Waals surface area contributed by atoms with Crippen LogP contribution in [0.5, 0.6) is 11.5 Å². The molecule has 0 spiro atoms. The lowest BCUT2D eigenvalue weighted by atomic mass is 9.87. The summed E-state index contributed by atoms with van der Waals surface area (Å²) in [7, 11) is 0. The highest BCUT2D eigenvalue weighted by Crippen LogP contribution is 2.36. The number of benzene rings is 4. The Morgan fingerprint density at radius 3 is 2.49 bits per heavy atom. The Bertz CT molecular complexity index is 1630. The van der Waals surface area contributed by atoms with Crippen LogP contribution in [0.2, 0.25) is 0 Å². The maximum absolute atomic E-state index is 13.4. The zero-order valence-corrected chi connectivity index (χ0v) is 22.3. The van der Waals surface area contributed by atoms with Gasteiger partial charge in [0.05, 0.1) is 0 Å². The van der Waals surface area contributed by atoms with Crippen LogP contribution in [0.1, 0.15) is 45.7 Å². The largest absolute Gasteiger partial charge is 0.454 e. The average Bonchev–Trinajstić information content (AvgIpc) is 3.56. The first-order valence-corrected chi connectivity index (χ1v) is 13.4. The van der Waals surface area contributed by atoms with E-state index < -0.39 is 0 Å². The topological polar surface area (TPSA) is 52.5 Å². The third-order valence-electron chi connectivity index (χ3n) is 7.43. The summed E-state index contributed by atoms with van der Waals surface area (Å²) >= 11 is 0. The number of aromatic nitrogens is 1. The molecule has 2 heterocycles. The molecule has 0 radical (unpaired) electrons. The predicted molar refractivity (Wildman–Crippen MR) is 154 cm³/mol. The maximum Gasteiger partial charge on any atom is 0.231 e. The summed E-state index contributed by atoms with van der Waals surface area (Å²) in [4.78, 5) is 13.4. The molecule has 5 heteroatoms. The molecule has 4 aromatic carbocycles. The van der Waals surface area contributed by atoms with Gasteiger partial charge in [0.1, 0.15) is 0 Å². The molecule has 0 saturated heterocycles. The van der Waals surface area contributed by atoms with Crippen LogP contribution in [-0.4, -0.2) is 17.3 Å². The zero-order chi connectivity index (χ0) is 26.8. The molecule has 5 aromatic rings. The van der Waals surface area contributed by atoms with Crippen molar-refractivity contribution in [2.45, 2.75) is 39.3 Å². The molecule has 1 unspecified atom stereocenters. The Balaban J connectivity index is 1.30. The molecule has 1 atom stereocenters. The van der Waals surface area contributed by atoms with Gasteiger partial charge in [0.25, 0.3) is 0 Å². The average molecular weight is 517 g/mol. The molecule has 6 rings (SSSR count). The van der Waals surface area contributed by atoms with Gasteiger partial charge in [-0.1, -0.05) is 83.9 Å². The van der Waals surface area contributed by atoms with Crippen molar-refractivity contribution >= 4 is 16.8 Å². The van der Waals surface area contributed by atoms with Crippen molar-refractivity contribution in [2.24, 2.45) is 0 Å². The van der Waals surface area contributed by atoms with Crippen LogP contribution < -0.4 is 14.8 Å². The number of nitrogens with one attached hydrogen (secondary N) is 1. The smallest absolute Gasteiger partial charge is 0.231 e. The number of hydrogen-bond acceptors (Lipinski definition) is 3. The molecule has 0 aliphatic carbocycles. The van der Waals surface area contributed by atoms with Gasteiger partial charge >= 0.3 is 0 Å². The lowest BCUT2D eigenvalue weighted by Gasteiger charge is -2.18. The molecule has 196 valence electrons. The second-order valence-corrected chi connectivity index (χ2v) is 10.4. The van der Waals surface area contributed by atoms with Crippen molar-refractivity contribution in [1.82, 2.24) is 9.88 Å². The molecule has 1 aromatic heterocycles. The Morgan fingerprint density at radius 1 is 0.846 bits per heavy atom. The maximum atomic E-state index is 13.4. The van der Waals surface area contributed by atoms with E-state index in [4.69, 9.17) is 9.47 Å². The highest BCUT2D eigenvalue weighted by Gasteiger charge is 2.23. The minimum absolute atomic E-state index is 0.00883. The van der Waals surface area contributed by atoms with Gasteiger partial charge in [-0.25, -0.2) is 0 Å². The fraction of sp³-hybridized carbons (Fsp3) is 0.206. The summed E-state index contributed by atoms with van der Waals surface area (Å²) in [6.45, 7) is 5.65. The summed E-state index contributed by atoms with van der Waals surface area (Å²) in [5, 5.41) is 4.31. The SMILES string of the molecule is Cc1ccc(Cn2cc(C(CC(=O)NCc3ccc4c(c3)OCO4)c3cccc(C)c3)c3ccccc32)cc1. The molecule has 5 nitrogen and oxygen atoms in total. The molecular weight excluding hydrogens is 484 g/mol. The Kier molecular flexibility index (Phi) is 6.80. The molecule has 1 aliphatic heterocycles. The number of nitrogens with zero attached hydrogens (tertiary/aromatic N) is 1. The van der Waals surface area contributed by atoms with Gasteiger partial charge in [0.2, 0.25) is 12.7 Å². The van der Waals surface area contributed by atoms with E-state index in [-0.39, 0.29) is 18.6 Å². The van der Waals surface area contributed by atoms with Crippen molar-refractivity contribution in [2.75, 3.05) is 6.79 Å². The third-order valence-corrected chi connectivity index (χ3v) is 7.43. The van der Waals surface area contributed by atoms with Crippen LogP contribution in [-0.2, 0) is 17.9 Å². The van der Waals surface area contributed by atoms with Crippen LogP contribution in [0.4, 0.5) is 0 Å². The molecule has 0 saturated carbocycles. The minimum Gasteiger partial charge on any atom is -0.454 e. The second kappa shape index (κ2) is 10.7. The summed E-state index contributed by atoms with van der Waals surface area (Å²) in [6.07, 6.45) is 2.59. The summed E-state index contributed by atoms with van der Waals surface area (Å²) in [5.41, 5.74) is 8.15. The standard InChI is InChI=1S/C34H32N2O3/c1-23-10-12-25(13-11-23)20-36-21-30(28-8-3-4-9-31(28)36)29(27-7-5-6-24(2)16-27)18-34(37)35-19-26-14-15-32-33(17-26)39-22-38-32/h3-17,21,29H,18-20,22H2,1-2H3,(H,35,37). The van der Waals surface area contributed by atoms with Gasteiger partial charge < -0.3 is 19.4 Å². The number of rotatable bonds is 8. The monoisotopic (exact) mass is 516 g/mol. The molecule has 1 aliphatic rings. The lowest BCUT2D eigenvalue weighted by Crippen LogP contribution is -2.25. The number of aryl methyl sites for hydroxylation is 2. The number of carbonyl (C=O) groups excluding carboxylic acids is 1. The Labute approximate surface area is 229 Å². The van der Waals surface area contributed by atoms with Gasteiger partial charge in [-0.3, -0.25) is 4.79 Å². The Hall–Kier alpha value is -4.51. The molecule has 1 N–H and O–H groups in total. The Morgan fingerprint density at radius 2 is 1.64 bits per heavy atom. The van der Waals surface area contributed by atoms with Crippen LogP contribution >= 0.6 is 0 Å². The van der Waals surface area contributed by atoms with Gasteiger partial charge in [-0.15, -0.1) is 0 Å². The highest BCUT2D eigenvalue weighted by atomic mass is 16.7. The van der Waals surface area contributed by atoms with E-state index in [1.54, 1.807) is 0 Å². The summed E-state index contributed by atoms with van der Waals surface area (Å²) in [5.74, 6) is 1.40. The van der Waals surface area contributed by atoms with E-state index in [9.17, 15) is 4.79 Å². The van der Waals surface area contributed by atoms with E-state index in [2.05, 4.69) is 103 Å². The van der Waals surface area contributed by atoms with E-state index in [0.29, 0.717) is 13.0 Å². The first-order chi connectivity index (χ1) is 19.0. The predicted octanol–water partition coefficient (Wildman–Crippen LogP) is 6.87. The van der Waals surface area contributed by atoms with E-state index >= 15 is 0 Å². The molecule has 0 fully saturated rings. The number of carbonyl (C=O) groups is 1.